The smallest absolute Gasteiger partial charge is 0.320 e. The number of sulfone groups is 1. The van der Waals surface area contributed by atoms with Crippen molar-refractivity contribution in [1.82, 2.24) is 19.6 Å². The van der Waals surface area contributed by atoms with Gasteiger partial charge in [0.25, 0.3) is 0 Å². The van der Waals surface area contributed by atoms with Crippen LogP contribution in [0.2, 0.25) is 0 Å². The summed E-state index contributed by atoms with van der Waals surface area (Å²) in [5.74, 6) is 1.19. The third-order valence-corrected chi connectivity index (χ3v) is 15.1. The lowest BCUT2D eigenvalue weighted by atomic mass is 9.57. The summed E-state index contributed by atoms with van der Waals surface area (Å²) >= 11 is 0. The Balaban J connectivity index is 0.966. The number of carbonyl (C=O) groups excluding carboxylic acids is 1. The molecule has 4 heterocycles. The van der Waals surface area contributed by atoms with Crippen LogP contribution in [0.15, 0.2) is 53.4 Å². The predicted octanol–water partition coefficient (Wildman–Crippen LogP) is 5.09. The Bertz CT molecular complexity index is 1580. The normalized spacial score (nSPS) is 27.7. The van der Waals surface area contributed by atoms with Crippen molar-refractivity contribution >= 4 is 21.6 Å². The average Bonchev–Trinajstić information content (AvgIpc) is 3.73. The van der Waals surface area contributed by atoms with Gasteiger partial charge >= 0.3 is 6.03 Å². The van der Waals surface area contributed by atoms with Gasteiger partial charge in [0.15, 0.2) is 9.84 Å². The number of likely N-dealkylation sites (N-methyl/N-ethyl adjacent to an activating group) is 1. The molecule has 48 heavy (non-hydrogen) atoms. The average molecular weight is 678 g/mol. The summed E-state index contributed by atoms with van der Waals surface area (Å²) in [6.45, 7) is 9.93. The van der Waals surface area contributed by atoms with E-state index in [1.54, 1.807) is 18.2 Å². The van der Waals surface area contributed by atoms with Crippen molar-refractivity contribution in [3.05, 3.63) is 59.9 Å². The van der Waals surface area contributed by atoms with E-state index in [1.807, 2.05) is 36.2 Å². The lowest BCUT2D eigenvalue weighted by molar-refractivity contribution is 0.0114. The van der Waals surface area contributed by atoms with E-state index < -0.39 is 9.84 Å². The number of rotatable bonds is 11. The van der Waals surface area contributed by atoms with Crippen LogP contribution in [0.5, 0.6) is 0 Å². The lowest BCUT2D eigenvalue weighted by Gasteiger charge is -2.54. The van der Waals surface area contributed by atoms with Gasteiger partial charge in [0, 0.05) is 69.4 Å². The molecule has 4 saturated heterocycles. The first-order chi connectivity index (χ1) is 23.2. The number of piperidine rings is 1. The maximum absolute atomic E-state index is 15.1. The van der Waals surface area contributed by atoms with Gasteiger partial charge in [-0.15, -0.1) is 0 Å². The van der Waals surface area contributed by atoms with Crippen molar-refractivity contribution in [2.24, 2.45) is 17.8 Å². The number of carbonyl (C=O) groups is 1. The fourth-order valence-electron chi connectivity index (χ4n) is 9.98. The predicted molar refractivity (Wildman–Crippen MR) is 187 cm³/mol. The number of urea groups is 1. The molecule has 3 atom stereocenters. The molecule has 6 fully saturated rings. The number of anilines is 1. The first-order valence-corrected chi connectivity index (χ1v) is 20.1. The summed E-state index contributed by atoms with van der Waals surface area (Å²) in [6.07, 6.45) is 8.24. The van der Waals surface area contributed by atoms with Gasteiger partial charge in [-0.2, -0.15) is 0 Å². The second kappa shape index (κ2) is 12.9. The van der Waals surface area contributed by atoms with E-state index in [0.29, 0.717) is 22.6 Å². The number of nitrogens with zero attached hydrogens (tertiary/aromatic N) is 5. The summed E-state index contributed by atoms with van der Waals surface area (Å²) < 4.78 is 40.3. The lowest BCUT2D eigenvalue weighted by Crippen LogP contribution is -2.60. The molecule has 0 N–H and O–H groups in total. The van der Waals surface area contributed by atoms with Gasteiger partial charge in [0.05, 0.1) is 10.1 Å². The van der Waals surface area contributed by atoms with Crippen molar-refractivity contribution < 1.29 is 17.6 Å². The molecule has 0 aromatic heterocycles. The first kappa shape index (κ1) is 32.5. The molecule has 8 rings (SSSR count). The highest BCUT2D eigenvalue weighted by atomic mass is 32.2. The Morgan fingerprint density at radius 1 is 0.833 bits per heavy atom. The second-order valence-corrected chi connectivity index (χ2v) is 18.0. The third kappa shape index (κ3) is 5.93. The van der Waals surface area contributed by atoms with E-state index in [9.17, 15) is 13.2 Å². The maximum atomic E-state index is 15.1. The van der Waals surface area contributed by atoms with Crippen LogP contribution < -0.4 is 4.90 Å². The number of amides is 2. The summed E-state index contributed by atoms with van der Waals surface area (Å²) in [7, 11) is -1.23. The van der Waals surface area contributed by atoms with Gasteiger partial charge in [-0.1, -0.05) is 18.6 Å². The minimum atomic E-state index is -3.15. The standard InChI is InChI=1S/C38H52FN5O3S/c1-40-21-22-44(37(40)45)36-8-3-7-35(36)38(27-42-17-4-18-42,30-5-2-6-31(39)23-30)29-15-19-41(20-16-29)24-28-25-43(26-28)32-9-11-33(12-10-32)48(46,47)34-13-14-34/h2,5-6,9-12,23,28-29,34-36H,3-4,7-8,13-22,24-27H2,1H3/t35-,36-,38?/m0/s1. The molecule has 2 saturated carbocycles. The molecule has 10 heteroatoms. The molecule has 1 unspecified atom stereocenters. The quantitative estimate of drug-likeness (QED) is 0.330. The monoisotopic (exact) mass is 677 g/mol. The minimum Gasteiger partial charge on any atom is -0.371 e. The van der Waals surface area contributed by atoms with Crippen LogP contribution in [0.4, 0.5) is 14.9 Å². The van der Waals surface area contributed by atoms with Crippen molar-refractivity contribution in [1.29, 1.82) is 0 Å². The van der Waals surface area contributed by atoms with E-state index in [1.165, 1.54) is 6.42 Å². The number of halogens is 1. The maximum Gasteiger partial charge on any atom is 0.320 e. The number of benzene rings is 2. The van der Waals surface area contributed by atoms with Gasteiger partial charge in [0.2, 0.25) is 0 Å². The van der Waals surface area contributed by atoms with Crippen LogP contribution in [-0.4, -0.2) is 118 Å². The van der Waals surface area contributed by atoms with Gasteiger partial charge < -0.3 is 24.5 Å². The molecule has 2 aromatic carbocycles. The molecule has 0 bridgehead atoms. The number of likely N-dealkylation sites (tertiary alicyclic amines) is 2. The highest BCUT2D eigenvalue weighted by Gasteiger charge is 2.55. The highest BCUT2D eigenvalue weighted by molar-refractivity contribution is 7.92. The van der Waals surface area contributed by atoms with Gasteiger partial charge in [-0.05, 0) is 125 Å². The fraction of sp³-hybridized carbons (Fsp3) is 0.658. The summed E-state index contributed by atoms with van der Waals surface area (Å²) in [5.41, 5.74) is 2.07. The molecule has 8 nitrogen and oxygen atoms in total. The zero-order valence-corrected chi connectivity index (χ0v) is 29.3. The fourth-order valence-corrected chi connectivity index (χ4v) is 11.6. The molecule has 0 radical (unpaired) electrons. The van der Waals surface area contributed by atoms with E-state index in [0.717, 1.165) is 122 Å². The molecule has 2 amide bonds. The molecular weight excluding hydrogens is 626 g/mol. The second-order valence-electron chi connectivity index (χ2n) is 15.8. The molecular formula is C38H52FN5O3S. The third-order valence-electron chi connectivity index (χ3n) is 12.9. The highest BCUT2D eigenvalue weighted by Crippen LogP contribution is 2.53. The van der Waals surface area contributed by atoms with Crippen LogP contribution in [0.25, 0.3) is 0 Å². The molecule has 2 aromatic rings. The number of hydrogen-bond acceptors (Lipinski definition) is 6. The zero-order valence-electron chi connectivity index (χ0n) is 28.5. The SMILES string of the molecule is CN1CCN([C@H]2CCC[C@@H]2C(CN2CCC2)(c2cccc(F)c2)C2CCN(CC3CN(c4ccc(S(=O)(=O)C5CC5)cc4)C3)CC2)C1=O. The van der Waals surface area contributed by atoms with E-state index in [2.05, 4.69) is 25.7 Å². The Hall–Kier alpha value is -2.69. The Morgan fingerprint density at radius 2 is 1.58 bits per heavy atom. The van der Waals surface area contributed by atoms with E-state index >= 15 is 4.39 Å². The van der Waals surface area contributed by atoms with Crippen molar-refractivity contribution in [2.45, 2.75) is 73.0 Å². The van der Waals surface area contributed by atoms with Crippen LogP contribution >= 0.6 is 0 Å². The van der Waals surface area contributed by atoms with Crippen LogP contribution in [-0.2, 0) is 15.3 Å². The zero-order chi connectivity index (χ0) is 33.0. The summed E-state index contributed by atoms with van der Waals surface area (Å²) in [4.78, 5) is 25.4. The molecule has 2 aliphatic carbocycles. The van der Waals surface area contributed by atoms with Crippen molar-refractivity contribution in [3.63, 3.8) is 0 Å². The Labute approximate surface area is 286 Å². The van der Waals surface area contributed by atoms with Crippen molar-refractivity contribution in [2.75, 3.05) is 77.4 Å². The minimum absolute atomic E-state index is 0.154. The van der Waals surface area contributed by atoms with Gasteiger partial charge in [0.1, 0.15) is 5.82 Å². The molecule has 0 spiro atoms. The summed E-state index contributed by atoms with van der Waals surface area (Å²) in [6, 6.07) is 15.4. The molecule has 260 valence electrons. The van der Waals surface area contributed by atoms with Crippen molar-refractivity contribution in [3.8, 4) is 0 Å². The van der Waals surface area contributed by atoms with Gasteiger partial charge in [-0.25, -0.2) is 17.6 Å². The van der Waals surface area contributed by atoms with Gasteiger partial charge in [-0.3, -0.25) is 0 Å². The van der Waals surface area contributed by atoms with E-state index in [-0.39, 0.29) is 28.6 Å². The largest absolute Gasteiger partial charge is 0.371 e. The first-order valence-electron chi connectivity index (χ1n) is 18.5. The molecule has 4 aliphatic heterocycles. The Kier molecular flexibility index (Phi) is 8.73. The van der Waals surface area contributed by atoms with Crippen LogP contribution in [0.3, 0.4) is 0 Å². The topological polar surface area (TPSA) is 67.4 Å². The molecule has 6 aliphatic rings. The number of hydrogen-bond donors (Lipinski definition) is 0. The van der Waals surface area contributed by atoms with E-state index in [4.69, 9.17) is 0 Å². The Morgan fingerprint density at radius 3 is 2.21 bits per heavy atom. The van der Waals surface area contributed by atoms with Crippen LogP contribution in [0, 0.1) is 23.6 Å². The van der Waals surface area contributed by atoms with Crippen LogP contribution in [0.1, 0.15) is 56.9 Å². The summed E-state index contributed by atoms with van der Waals surface area (Å²) in [5, 5.41) is -0.175.